The molecule has 0 aliphatic heterocycles. The van der Waals surface area contributed by atoms with Gasteiger partial charge in [-0.1, -0.05) is 11.6 Å². The van der Waals surface area contributed by atoms with Gasteiger partial charge >= 0.3 is 5.97 Å². The van der Waals surface area contributed by atoms with Gasteiger partial charge in [0.15, 0.2) is 10.0 Å². The van der Waals surface area contributed by atoms with Crippen molar-refractivity contribution in [1.82, 2.24) is 10.3 Å². The van der Waals surface area contributed by atoms with Crippen molar-refractivity contribution in [2.45, 2.75) is 27.1 Å². The second kappa shape index (κ2) is 11.1. The zero-order valence-electron chi connectivity index (χ0n) is 12.3. The highest BCUT2D eigenvalue weighted by Crippen LogP contribution is 2.08. The molecule has 0 bridgehead atoms. The summed E-state index contributed by atoms with van der Waals surface area (Å²) in [5.74, 6) is -0.676. The largest absolute Gasteiger partial charge is 0.432 e. The topological polar surface area (TPSA) is 84.2 Å². The fourth-order valence-corrected chi connectivity index (χ4v) is 1.66. The first-order valence-electron chi connectivity index (χ1n) is 6.12. The minimum absolute atomic E-state index is 0.0379. The number of esters is 1. The maximum absolute atomic E-state index is 11.4. The third-order valence-corrected chi connectivity index (χ3v) is 3.07. The highest BCUT2D eigenvalue weighted by molar-refractivity contribution is 7.13. The van der Waals surface area contributed by atoms with Crippen LogP contribution in [0.25, 0.3) is 0 Å². The quantitative estimate of drug-likeness (QED) is 0.386. The molecule has 1 heterocycles. The number of hydrogen-bond acceptors (Lipinski definition) is 7. The van der Waals surface area contributed by atoms with Gasteiger partial charge < -0.3 is 14.8 Å². The van der Waals surface area contributed by atoms with E-state index in [0.29, 0.717) is 16.8 Å². The first kappa shape index (κ1) is 19.4. The molecule has 0 radical (unpaired) electrons. The fraction of sp³-hybridized carbons (Fsp3) is 0.462. The Morgan fingerprint density at radius 1 is 1.67 bits per heavy atom. The predicted octanol–water partition coefficient (Wildman–Crippen LogP) is 2.73. The Labute approximate surface area is 133 Å². The summed E-state index contributed by atoms with van der Waals surface area (Å²) in [7, 11) is 1.63. The fourth-order valence-electron chi connectivity index (χ4n) is 1.09. The summed E-state index contributed by atoms with van der Waals surface area (Å²) in [5.41, 5.74) is 0.440. The van der Waals surface area contributed by atoms with Crippen LogP contribution in [0.5, 0.6) is 0 Å². The Morgan fingerprint density at radius 3 is 2.67 bits per heavy atom. The molecule has 1 unspecified atom stereocenters. The van der Waals surface area contributed by atoms with Gasteiger partial charge in [0.05, 0.1) is 0 Å². The van der Waals surface area contributed by atoms with Crippen molar-refractivity contribution in [2.75, 3.05) is 13.7 Å². The molecule has 1 N–H and O–H groups in total. The van der Waals surface area contributed by atoms with Gasteiger partial charge in [-0.25, -0.2) is 9.78 Å². The Bertz CT molecular complexity index is 497. The Morgan fingerprint density at radius 2 is 2.33 bits per heavy atom. The van der Waals surface area contributed by atoms with Crippen LogP contribution in [0.2, 0.25) is 4.47 Å². The smallest absolute Gasteiger partial charge is 0.352 e. The SMILES string of the molecule is CCOC(C)OC(=O)C(C#N)=C(C)NC.Clc1nccs1. The van der Waals surface area contributed by atoms with Crippen molar-refractivity contribution >= 4 is 28.9 Å². The Balaban J connectivity index is 0.000000547. The highest BCUT2D eigenvalue weighted by atomic mass is 35.5. The lowest BCUT2D eigenvalue weighted by Gasteiger charge is -2.13. The maximum atomic E-state index is 11.4. The molecule has 0 saturated carbocycles. The van der Waals surface area contributed by atoms with Crippen molar-refractivity contribution < 1.29 is 14.3 Å². The average Bonchev–Trinajstić information content (AvgIpc) is 2.91. The van der Waals surface area contributed by atoms with Gasteiger partial charge in [-0.3, -0.25) is 0 Å². The maximum Gasteiger partial charge on any atom is 0.352 e. The molecular weight excluding hydrogens is 314 g/mol. The predicted molar refractivity (Wildman–Crippen MR) is 81.7 cm³/mol. The number of rotatable bonds is 5. The average molecular weight is 332 g/mol. The van der Waals surface area contributed by atoms with Gasteiger partial charge in [-0.15, -0.1) is 11.3 Å². The molecule has 0 aliphatic rings. The van der Waals surface area contributed by atoms with Crippen LogP contribution in [-0.2, 0) is 14.3 Å². The molecule has 1 aromatic heterocycles. The number of nitrogens with one attached hydrogen (secondary N) is 1. The van der Waals surface area contributed by atoms with Crippen LogP contribution in [0.3, 0.4) is 0 Å². The first-order valence-corrected chi connectivity index (χ1v) is 7.38. The van der Waals surface area contributed by atoms with E-state index >= 15 is 0 Å². The summed E-state index contributed by atoms with van der Waals surface area (Å²) in [6, 6.07) is 1.79. The van der Waals surface area contributed by atoms with E-state index in [4.69, 9.17) is 26.3 Å². The van der Waals surface area contributed by atoms with Crippen molar-refractivity contribution in [2.24, 2.45) is 0 Å². The van der Waals surface area contributed by atoms with Gasteiger partial charge in [0, 0.05) is 30.9 Å². The van der Waals surface area contributed by atoms with E-state index in [1.807, 2.05) is 5.38 Å². The summed E-state index contributed by atoms with van der Waals surface area (Å²) in [6.07, 6.45) is 1.03. The van der Waals surface area contributed by atoms with Crippen molar-refractivity contribution in [3.05, 3.63) is 27.3 Å². The van der Waals surface area contributed by atoms with E-state index in [9.17, 15) is 4.79 Å². The minimum Gasteiger partial charge on any atom is -0.432 e. The Kier molecular flexibility index (Phi) is 10.2. The summed E-state index contributed by atoms with van der Waals surface area (Å²) >= 11 is 6.79. The number of nitriles is 1. The van der Waals surface area contributed by atoms with Crippen molar-refractivity contribution in [3.8, 4) is 6.07 Å². The molecule has 0 fully saturated rings. The number of allylic oxidation sites excluding steroid dienone is 1. The number of ether oxygens (including phenoxy) is 2. The summed E-state index contributed by atoms with van der Waals surface area (Å²) in [6.45, 7) is 5.48. The van der Waals surface area contributed by atoms with E-state index in [-0.39, 0.29) is 5.57 Å². The molecule has 1 atom stereocenters. The van der Waals surface area contributed by atoms with E-state index in [1.54, 1.807) is 40.1 Å². The van der Waals surface area contributed by atoms with E-state index in [0.717, 1.165) is 0 Å². The lowest BCUT2D eigenvalue weighted by atomic mass is 10.2. The number of aromatic nitrogens is 1. The number of carbonyl (C=O) groups excluding carboxylic acids is 1. The van der Waals surface area contributed by atoms with Crippen LogP contribution in [-0.4, -0.2) is 30.9 Å². The third kappa shape index (κ3) is 8.30. The molecule has 8 heteroatoms. The molecule has 0 amide bonds. The van der Waals surface area contributed by atoms with Gasteiger partial charge in [0.1, 0.15) is 6.07 Å². The molecule has 0 spiro atoms. The molecule has 116 valence electrons. The van der Waals surface area contributed by atoms with Gasteiger partial charge in [-0.05, 0) is 20.8 Å². The van der Waals surface area contributed by atoms with E-state index < -0.39 is 12.3 Å². The molecule has 21 heavy (non-hydrogen) atoms. The minimum atomic E-state index is -0.676. The van der Waals surface area contributed by atoms with Crippen LogP contribution in [0.15, 0.2) is 22.8 Å². The summed E-state index contributed by atoms with van der Waals surface area (Å²) in [5, 5.41) is 13.3. The zero-order valence-corrected chi connectivity index (χ0v) is 13.9. The second-order valence-corrected chi connectivity index (χ2v) is 5.05. The molecule has 1 aromatic rings. The number of carbonyl (C=O) groups is 1. The van der Waals surface area contributed by atoms with Crippen LogP contribution >= 0.6 is 22.9 Å². The molecule has 0 aliphatic carbocycles. The van der Waals surface area contributed by atoms with Gasteiger partial charge in [0.25, 0.3) is 0 Å². The van der Waals surface area contributed by atoms with E-state index in [2.05, 4.69) is 10.3 Å². The van der Waals surface area contributed by atoms with Crippen LogP contribution in [0.4, 0.5) is 0 Å². The number of thiazole rings is 1. The summed E-state index contributed by atoms with van der Waals surface area (Å²) in [4.78, 5) is 15.1. The highest BCUT2D eigenvalue weighted by Gasteiger charge is 2.16. The molecular formula is C13H18ClN3O3S. The van der Waals surface area contributed by atoms with E-state index in [1.165, 1.54) is 11.3 Å². The number of nitrogens with zero attached hydrogens (tertiary/aromatic N) is 2. The normalized spacial score (nSPS) is 12.2. The Hall–Kier alpha value is -1.62. The van der Waals surface area contributed by atoms with Crippen LogP contribution < -0.4 is 5.32 Å². The monoisotopic (exact) mass is 331 g/mol. The lowest BCUT2D eigenvalue weighted by Crippen LogP contribution is -2.21. The van der Waals surface area contributed by atoms with Crippen molar-refractivity contribution in [3.63, 3.8) is 0 Å². The number of halogens is 1. The van der Waals surface area contributed by atoms with Gasteiger partial charge in [0.2, 0.25) is 6.29 Å². The standard InChI is InChI=1S/C10H16N2O3.C3H2ClNS/c1-5-14-8(3)15-10(13)9(6-11)7(2)12-4;4-3-5-1-2-6-3/h8,12H,5H2,1-4H3;1-2H. The molecule has 0 aromatic carbocycles. The van der Waals surface area contributed by atoms with Gasteiger partial charge in [-0.2, -0.15) is 5.26 Å². The van der Waals surface area contributed by atoms with Crippen molar-refractivity contribution in [1.29, 1.82) is 5.26 Å². The third-order valence-electron chi connectivity index (χ3n) is 2.14. The zero-order chi connectivity index (χ0) is 16.3. The molecule has 6 nitrogen and oxygen atoms in total. The van der Waals surface area contributed by atoms with Crippen LogP contribution in [0, 0.1) is 11.3 Å². The lowest BCUT2D eigenvalue weighted by molar-refractivity contribution is -0.168. The number of hydrogen-bond donors (Lipinski definition) is 1. The molecule has 1 rings (SSSR count). The van der Waals surface area contributed by atoms with Crippen LogP contribution in [0.1, 0.15) is 20.8 Å². The first-order chi connectivity index (χ1) is 9.96. The molecule has 0 saturated heterocycles. The summed E-state index contributed by atoms with van der Waals surface area (Å²) < 4.78 is 10.5. The second-order valence-electron chi connectivity index (χ2n) is 3.58.